The molecule has 1 N–H and O–H groups in total. The molecule has 0 amide bonds. The first-order valence-corrected chi connectivity index (χ1v) is 5.84. The predicted octanol–water partition coefficient (Wildman–Crippen LogP) is 3.88. The van der Waals surface area contributed by atoms with Crippen LogP contribution >= 0.6 is 0 Å². The van der Waals surface area contributed by atoms with E-state index in [0.717, 1.165) is 17.7 Å². The lowest BCUT2D eigenvalue weighted by molar-refractivity contribution is 0.0982. The van der Waals surface area contributed by atoms with Gasteiger partial charge in [0.25, 0.3) is 0 Å². The van der Waals surface area contributed by atoms with Crippen molar-refractivity contribution in [3.05, 3.63) is 29.8 Å². The molecule has 0 aromatic heterocycles. The first-order valence-electron chi connectivity index (χ1n) is 5.84. The molecule has 0 saturated heterocycles. The molecule has 88 valence electrons. The highest BCUT2D eigenvalue weighted by atomic mass is 16.1. The fourth-order valence-electron chi connectivity index (χ4n) is 1.57. The number of Topliss-reactive ketones (excluding diaryl/α,β-unsaturated/α-hetero) is 1. The second-order valence-corrected chi connectivity index (χ2v) is 5.13. The Morgan fingerprint density at radius 3 is 2.56 bits per heavy atom. The minimum atomic E-state index is 0.0203. The molecular weight excluding hydrogens is 198 g/mol. The summed E-state index contributed by atoms with van der Waals surface area (Å²) in [5, 5.41) is 3.37. The van der Waals surface area contributed by atoms with Crippen molar-refractivity contribution in [2.45, 2.75) is 46.1 Å². The van der Waals surface area contributed by atoms with E-state index in [-0.39, 0.29) is 11.3 Å². The molecule has 0 radical (unpaired) electrons. The molecule has 0 aliphatic rings. The Hall–Kier alpha value is -1.31. The van der Waals surface area contributed by atoms with E-state index < -0.39 is 0 Å². The van der Waals surface area contributed by atoms with Gasteiger partial charge in [-0.15, -0.1) is 0 Å². The van der Waals surface area contributed by atoms with Gasteiger partial charge in [-0.2, -0.15) is 0 Å². The van der Waals surface area contributed by atoms with E-state index in [1.165, 1.54) is 0 Å². The van der Waals surface area contributed by atoms with Crippen LogP contribution in [0.25, 0.3) is 0 Å². The maximum absolute atomic E-state index is 11.7. The molecule has 1 aromatic rings. The average Bonchev–Trinajstić information content (AvgIpc) is 2.16. The molecular formula is C14H21NO. The van der Waals surface area contributed by atoms with Gasteiger partial charge in [-0.3, -0.25) is 4.79 Å². The number of nitrogens with one attached hydrogen (secondary N) is 1. The van der Waals surface area contributed by atoms with Crippen molar-refractivity contribution in [2.24, 2.45) is 0 Å². The number of hydrogen-bond acceptors (Lipinski definition) is 2. The summed E-state index contributed by atoms with van der Waals surface area (Å²) in [5.41, 5.74) is 1.83. The van der Waals surface area contributed by atoms with Crippen molar-refractivity contribution in [1.82, 2.24) is 0 Å². The van der Waals surface area contributed by atoms with Crippen LogP contribution in [0.2, 0.25) is 0 Å². The smallest absolute Gasteiger partial charge is 0.162 e. The first kappa shape index (κ1) is 12.8. The molecule has 2 heteroatoms. The van der Waals surface area contributed by atoms with Crippen molar-refractivity contribution in [3.63, 3.8) is 0 Å². The van der Waals surface area contributed by atoms with Crippen LogP contribution in [-0.2, 0) is 0 Å². The molecule has 0 spiro atoms. The molecule has 2 nitrogen and oxygen atoms in total. The van der Waals surface area contributed by atoms with Gasteiger partial charge in [-0.05, 0) is 39.3 Å². The lowest BCUT2D eigenvalue weighted by Gasteiger charge is -2.22. The number of ketones is 1. The third-order valence-electron chi connectivity index (χ3n) is 2.18. The quantitative estimate of drug-likeness (QED) is 0.779. The van der Waals surface area contributed by atoms with Gasteiger partial charge in [0.1, 0.15) is 0 Å². The summed E-state index contributed by atoms with van der Waals surface area (Å²) in [6.45, 7) is 8.34. The Balaban J connectivity index is 2.83. The highest BCUT2D eigenvalue weighted by Gasteiger charge is 2.10. The second-order valence-electron chi connectivity index (χ2n) is 5.13. The largest absolute Gasteiger partial charge is 0.380 e. The van der Waals surface area contributed by atoms with Crippen LogP contribution in [0.4, 0.5) is 5.69 Å². The molecule has 0 saturated carbocycles. The number of benzene rings is 1. The van der Waals surface area contributed by atoms with Gasteiger partial charge >= 0.3 is 0 Å². The van der Waals surface area contributed by atoms with E-state index in [2.05, 4.69) is 26.1 Å². The fraction of sp³-hybridized carbons (Fsp3) is 0.500. The third-order valence-corrected chi connectivity index (χ3v) is 2.18. The van der Waals surface area contributed by atoms with E-state index in [0.29, 0.717) is 6.42 Å². The van der Waals surface area contributed by atoms with Gasteiger partial charge in [0.2, 0.25) is 0 Å². The summed E-state index contributed by atoms with van der Waals surface area (Å²) in [6, 6.07) is 7.74. The van der Waals surface area contributed by atoms with Crippen LogP contribution in [0.3, 0.4) is 0 Å². The minimum absolute atomic E-state index is 0.0203. The molecule has 0 fully saturated rings. The van der Waals surface area contributed by atoms with E-state index in [4.69, 9.17) is 0 Å². The third kappa shape index (κ3) is 4.05. The first-order chi connectivity index (χ1) is 7.42. The molecule has 0 unspecified atom stereocenters. The monoisotopic (exact) mass is 219 g/mol. The summed E-state index contributed by atoms with van der Waals surface area (Å²) < 4.78 is 0. The lowest BCUT2D eigenvalue weighted by Crippen LogP contribution is -2.26. The summed E-state index contributed by atoms with van der Waals surface area (Å²) in [7, 11) is 0. The molecule has 1 rings (SSSR count). The standard InChI is InChI=1S/C14H21NO/c1-5-7-13(16)11-8-6-9-12(10-11)15-14(2,3)4/h6,8-10,15H,5,7H2,1-4H3. The van der Waals surface area contributed by atoms with E-state index in [1.807, 2.05) is 31.2 Å². The van der Waals surface area contributed by atoms with Crippen molar-refractivity contribution in [2.75, 3.05) is 5.32 Å². The molecule has 1 aromatic carbocycles. The van der Waals surface area contributed by atoms with Crippen LogP contribution in [0.1, 0.15) is 50.9 Å². The Bertz CT molecular complexity index is 363. The van der Waals surface area contributed by atoms with Crippen molar-refractivity contribution >= 4 is 11.5 Å². The molecule has 0 heterocycles. The number of carbonyl (C=O) groups excluding carboxylic acids is 1. The maximum atomic E-state index is 11.7. The van der Waals surface area contributed by atoms with Crippen molar-refractivity contribution < 1.29 is 4.79 Å². The van der Waals surface area contributed by atoms with Crippen molar-refractivity contribution in [3.8, 4) is 0 Å². The number of anilines is 1. The zero-order chi connectivity index (χ0) is 12.2. The highest BCUT2D eigenvalue weighted by molar-refractivity contribution is 5.96. The molecule has 16 heavy (non-hydrogen) atoms. The van der Waals surface area contributed by atoms with Gasteiger partial charge in [0.15, 0.2) is 5.78 Å². The zero-order valence-corrected chi connectivity index (χ0v) is 10.6. The minimum Gasteiger partial charge on any atom is -0.380 e. The summed E-state index contributed by atoms with van der Waals surface area (Å²) in [6.07, 6.45) is 1.52. The van der Waals surface area contributed by atoms with Gasteiger partial charge < -0.3 is 5.32 Å². The van der Waals surface area contributed by atoms with E-state index in [1.54, 1.807) is 0 Å². The Kier molecular flexibility index (Phi) is 4.11. The van der Waals surface area contributed by atoms with Crippen LogP contribution in [0.5, 0.6) is 0 Å². The topological polar surface area (TPSA) is 29.1 Å². The molecule has 0 aliphatic carbocycles. The Morgan fingerprint density at radius 2 is 2.00 bits per heavy atom. The molecule has 0 atom stereocenters. The van der Waals surface area contributed by atoms with Crippen LogP contribution in [0.15, 0.2) is 24.3 Å². The lowest BCUT2D eigenvalue weighted by atomic mass is 10.0. The second kappa shape index (κ2) is 5.15. The SMILES string of the molecule is CCCC(=O)c1cccc(NC(C)(C)C)c1. The predicted molar refractivity (Wildman–Crippen MR) is 69.1 cm³/mol. The number of carbonyl (C=O) groups is 1. The summed E-state index contributed by atoms with van der Waals surface area (Å²) in [5.74, 6) is 0.222. The van der Waals surface area contributed by atoms with Gasteiger partial charge in [0.05, 0.1) is 0 Å². The van der Waals surface area contributed by atoms with Crippen molar-refractivity contribution in [1.29, 1.82) is 0 Å². The average molecular weight is 219 g/mol. The fourth-order valence-corrected chi connectivity index (χ4v) is 1.57. The maximum Gasteiger partial charge on any atom is 0.162 e. The molecule has 0 aliphatic heterocycles. The van der Waals surface area contributed by atoms with E-state index >= 15 is 0 Å². The van der Waals surface area contributed by atoms with Gasteiger partial charge in [0, 0.05) is 23.2 Å². The highest BCUT2D eigenvalue weighted by Crippen LogP contribution is 2.17. The zero-order valence-electron chi connectivity index (χ0n) is 10.6. The van der Waals surface area contributed by atoms with Crippen LogP contribution < -0.4 is 5.32 Å². The number of rotatable bonds is 4. The normalized spacial score (nSPS) is 11.2. The van der Waals surface area contributed by atoms with E-state index in [9.17, 15) is 4.79 Å². The number of hydrogen-bond donors (Lipinski definition) is 1. The molecule has 0 bridgehead atoms. The van der Waals surface area contributed by atoms with Crippen LogP contribution in [-0.4, -0.2) is 11.3 Å². The Labute approximate surface area is 98.1 Å². The van der Waals surface area contributed by atoms with Gasteiger partial charge in [-0.25, -0.2) is 0 Å². The van der Waals surface area contributed by atoms with Crippen LogP contribution in [0, 0.1) is 0 Å². The summed E-state index contributed by atoms with van der Waals surface area (Å²) >= 11 is 0. The van der Waals surface area contributed by atoms with Gasteiger partial charge in [-0.1, -0.05) is 19.1 Å². The Morgan fingerprint density at radius 1 is 1.31 bits per heavy atom. The summed E-state index contributed by atoms with van der Waals surface area (Å²) in [4.78, 5) is 11.7.